The molecule has 8 nitrogen and oxygen atoms in total. The molecule has 0 spiro atoms. The van der Waals surface area contributed by atoms with Gasteiger partial charge in [-0.3, -0.25) is 14.4 Å². The summed E-state index contributed by atoms with van der Waals surface area (Å²) in [4.78, 5) is 52.5. The Morgan fingerprint density at radius 2 is 1.36 bits per heavy atom. The van der Waals surface area contributed by atoms with E-state index in [0.717, 1.165) is 86.1 Å². The lowest BCUT2D eigenvalue weighted by molar-refractivity contribution is -0.139. The third-order valence-corrected chi connectivity index (χ3v) is 11.4. The van der Waals surface area contributed by atoms with E-state index in [9.17, 15) is 14.4 Å². The van der Waals surface area contributed by atoms with Gasteiger partial charge in [-0.15, -0.1) is 0 Å². The van der Waals surface area contributed by atoms with Crippen molar-refractivity contribution in [2.24, 2.45) is 0 Å². The summed E-state index contributed by atoms with van der Waals surface area (Å²) < 4.78 is 0. The molecule has 1 aliphatic carbocycles. The van der Waals surface area contributed by atoms with Crippen molar-refractivity contribution in [3.8, 4) is 11.3 Å². The summed E-state index contributed by atoms with van der Waals surface area (Å²) in [6.07, 6.45) is 9.19. The molecule has 0 unspecified atom stereocenters. The molecule has 1 saturated carbocycles. The van der Waals surface area contributed by atoms with Crippen molar-refractivity contribution in [3.05, 3.63) is 114 Å². The van der Waals surface area contributed by atoms with Crippen molar-refractivity contribution in [2.45, 2.75) is 101 Å². The minimum absolute atomic E-state index is 0.00587. The van der Waals surface area contributed by atoms with Crippen LogP contribution in [0.25, 0.3) is 11.3 Å². The van der Waals surface area contributed by atoms with Crippen molar-refractivity contribution in [1.29, 1.82) is 0 Å². The maximum absolute atomic E-state index is 13.5. The molecule has 4 atom stereocenters. The standard InChI is InChI=1S/C42H49N5O3/c1-28(30-12-5-3-6-13-30)41(49)46-24-10-18-37(46)39-43-27-36(45-39)34-17-9-16-33(26-34)32-20-22-35(23-21-32)44-40(48)38-19-11-25-47(38)42(50)29(2)31-14-7-4-8-15-31/h3-9,12-17,26-29,32,35,37-38H,10-11,18-25H2,1-2H3,(H,43,45)(H,44,48)/t28-,29-,32-,35+,37+,38+/m1/s1. The van der Waals surface area contributed by atoms with E-state index in [0.29, 0.717) is 12.5 Å². The van der Waals surface area contributed by atoms with Crippen LogP contribution in [0.1, 0.15) is 112 Å². The van der Waals surface area contributed by atoms with Gasteiger partial charge in [0, 0.05) is 19.1 Å². The highest BCUT2D eigenvalue weighted by molar-refractivity contribution is 5.91. The number of nitrogens with one attached hydrogen (secondary N) is 2. The molecule has 3 aliphatic rings. The van der Waals surface area contributed by atoms with Crippen molar-refractivity contribution >= 4 is 17.7 Å². The Morgan fingerprint density at radius 1 is 0.740 bits per heavy atom. The van der Waals surface area contributed by atoms with Gasteiger partial charge in [-0.1, -0.05) is 78.9 Å². The molecule has 7 rings (SSSR count). The lowest BCUT2D eigenvalue weighted by Crippen LogP contribution is -2.50. The van der Waals surface area contributed by atoms with E-state index in [1.54, 1.807) is 4.90 Å². The van der Waals surface area contributed by atoms with Gasteiger partial charge in [-0.25, -0.2) is 4.98 Å². The molecule has 0 radical (unpaired) electrons. The number of aromatic nitrogens is 2. The van der Waals surface area contributed by atoms with Crippen molar-refractivity contribution in [3.63, 3.8) is 0 Å². The van der Waals surface area contributed by atoms with Crippen molar-refractivity contribution in [1.82, 2.24) is 25.1 Å². The zero-order chi connectivity index (χ0) is 34.6. The van der Waals surface area contributed by atoms with Gasteiger partial charge in [0.15, 0.2) is 0 Å². The maximum atomic E-state index is 13.5. The van der Waals surface area contributed by atoms with Crippen LogP contribution in [0.2, 0.25) is 0 Å². The third kappa shape index (κ3) is 7.11. The quantitative estimate of drug-likeness (QED) is 0.193. The molecule has 0 bridgehead atoms. The fraction of sp³-hybridized carbons (Fsp3) is 0.429. The number of likely N-dealkylation sites (tertiary alicyclic amines) is 2. The first kappa shape index (κ1) is 33.8. The molecule has 3 aromatic carbocycles. The second kappa shape index (κ2) is 15.0. The second-order valence-electron chi connectivity index (χ2n) is 14.5. The number of benzene rings is 3. The average Bonchev–Trinajstić information content (AvgIpc) is 3.96. The van der Waals surface area contributed by atoms with Crippen molar-refractivity contribution in [2.75, 3.05) is 13.1 Å². The summed E-state index contributed by atoms with van der Waals surface area (Å²) >= 11 is 0. The molecule has 50 heavy (non-hydrogen) atoms. The summed E-state index contributed by atoms with van der Waals surface area (Å²) in [5.41, 5.74) is 5.40. The predicted octanol–water partition coefficient (Wildman–Crippen LogP) is 7.48. The smallest absolute Gasteiger partial charge is 0.243 e. The summed E-state index contributed by atoms with van der Waals surface area (Å²) in [7, 11) is 0. The number of carbonyl (C=O) groups is 3. The van der Waals surface area contributed by atoms with Gasteiger partial charge in [-0.2, -0.15) is 0 Å². The Kier molecular flexibility index (Phi) is 10.2. The van der Waals surface area contributed by atoms with Crippen LogP contribution >= 0.6 is 0 Å². The molecule has 3 heterocycles. The van der Waals surface area contributed by atoms with E-state index in [4.69, 9.17) is 4.98 Å². The lowest BCUT2D eigenvalue weighted by Gasteiger charge is -2.32. The number of hydrogen-bond acceptors (Lipinski definition) is 4. The van der Waals surface area contributed by atoms with Gasteiger partial charge in [0.25, 0.3) is 0 Å². The largest absolute Gasteiger partial charge is 0.352 e. The van der Waals surface area contributed by atoms with Crippen LogP contribution in [0, 0.1) is 0 Å². The summed E-state index contributed by atoms with van der Waals surface area (Å²) in [6, 6.07) is 28.2. The Balaban J connectivity index is 0.943. The number of rotatable bonds is 9. The van der Waals surface area contributed by atoms with Crippen molar-refractivity contribution < 1.29 is 14.4 Å². The molecular weight excluding hydrogens is 622 g/mol. The van der Waals surface area contributed by atoms with Crippen LogP contribution < -0.4 is 5.32 Å². The number of aromatic amines is 1. The highest BCUT2D eigenvalue weighted by Crippen LogP contribution is 2.37. The Hall–Kier alpha value is -4.72. The van der Waals surface area contributed by atoms with Gasteiger partial charge in [0.05, 0.1) is 29.8 Å². The normalized spacial score (nSPS) is 23.4. The summed E-state index contributed by atoms with van der Waals surface area (Å²) in [6.45, 7) is 5.32. The minimum atomic E-state index is -0.385. The van der Waals surface area contributed by atoms with E-state index in [1.165, 1.54) is 5.56 Å². The number of imidazole rings is 1. The molecule has 3 fully saturated rings. The van der Waals surface area contributed by atoms with Gasteiger partial charge >= 0.3 is 0 Å². The van der Waals surface area contributed by atoms with Crippen LogP contribution in [-0.2, 0) is 14.4 Å². The SMILES string of the molecule is C[C@@H](C(=O)N1CCC[C@H]1C(=O)N[C@H]1CC[C@@H](c2cccc(-c3cnc([C@@H]4CCCN4C(=O)[C@H](C)c4ccccc4)[nH]3)c2)CC1)c1ccccc1. The Bertz CT molecular complexity index is 1780. The third-order valence-electron chi connectivity index (χ3n) is 11.4. The molecular formula is C42H49N5O3. The number of nitrogens with zero attached hydrogens (tertiary/aromatic N) is 3. The number of carbonyl (C=O) groups excluding carboxylic acids is 3. The number of hydrogen-bond donors (Lipinski definition) is 2. The maximum Gasteiger partial charge on any atom is 0.243 e. The van der Waals surface area contributed by atoms with Gasteiger partial charge in [0.1, 0.15) is 11.9 Å². The zero-order valence-electron chi connectivity index (χ0n) is 29.3. The molecule has 1 aromatic heterocycles. The molecule has 8 heteroatoms. The average molecular weight is 672 g/mol. The molecule has 2 aliphatic heterocycles. The zero-order valence-corrected chi connectivity index (χ0v) is 29.3. The van der Waals surface area contributed by atoms with Gasteiger partial charge < -0.3 is 20.1 Å². The summed E-state index contributed by atoms with van der Waals surface area (Å²) in [5.74, 6) is 0.995. The lowest BCUT2D eigenvalue weighted by atomic mass is 9.81. The van der Waals surface area contributed by atoms with E-state index < -0.39 is 0 Å². The van der Waals surface area contributed by atoms with E-state index >= 15 is 0 Å². The van der Waals surface area contributed by atoms with Gasteiger partial charge in [-0.05, 0) is 99.5 Å². The van der Waals surface area contributed by atoms with E-state index in [1.807, 2.05) is 85.6 Å². The second-order valence-corrected chi connectivity index (χ2v) is 14.5. The number of H-pyrrole nitrogens is 1. The highest BCUT2D eigenvalue weighted by atomic mass is 16.2. The first-order chi connectivity index (χ1) is 24.4. The van der Waals surface area contributed by atoms with Gasteiger partial charge in [0.2, 0.25) is 17.7 Å². The topological polar surface area (TPSA) is 98.4 Å². The first-order valence-corrected chi connectivity index (χ1v) is 18.5. The van der Waals surface area contributed by atoms with Crippen LogP contribution in [0.3, 0.4) is 0 Å². The Labute approximate surface area is 295 Å². The molecule has 260 valence electrons. The summed E-state index contributed by atoms with van der Waals surface area (Å²) in [5, 5.41) is 3.32. The molecule has 3 amide bonds. The van der Waals surface area contributed by atoms with Crippen LogP contribution in [0.15, 0.2) is 91.1 Å². The molecule has 2 N–H and O–H groups in total. The highest BCUT2D eigenvalue weighted by Gasteiger charge is 2.38. The molecule has 4 aromatic rings. The van der Waals surface area contributed by atoms with Crippen LogP contribution in [0.5, 0.6) is 0 Å². The number of amides is 3. The van der Waals surface area contributed by atoms with E-state index in [2.05, 4.69) is 34.6 Å². The predicted molar refractivity (Wildman–Crippen MR) is 195 cm³/mol. The Morgan fingerprint density at radius 3 is 2.04 bits per heavy atom. The first-order valence-electron chi connectivity index (χ1n) is 18.5. The van der Waals surface area contributed by atoms with Crippen LogP contribution in [0.4, 0.5) is 0 Å². The van der Waals surface area contributed by atoms with Crippen LogP contribution in [-0.4, -0.2) is 62.7 Å². The monoisotopic (exact) mass is 671 g/mol. The fourth-order valence-electron chi connectivity index (χ4n) is 8.37. The minimum Gasteiger partial charge on any atom is -0.352 e. The van der Waals surface area contributed by atoms with E-state index in [-0.39, 0.29) is 47.7 Å². The molecule has 2 saturated heterocycles. The fourth-order valence-corrected chi connectivity index (χ4v) is 8.37.